The van der Waals surface area contributed by atoms with Crippen LogP contribution >= 0.6 is 0 Å². The lowest BCUT2D eigenvalue weighted by Gasteiger charge is -2.56. The fourth-order valence-corrected chi connectivity index (χ4v) is 3.21. The molecule has 2 fully saturated rings. The summed E-state index contributed by atoms with van der Waals surface area (Å²) in [4.78, 5) is 10.7. The fourth-order valence-electron chi connectivity index (χ4n) is 3.21. The van der Waals surface area contributed by atoms with E-state index in [2.05, 4.69) is 0 Å². The number of hydrogen-bond acceptors (Lipinski definition) is 3. The van der Waals surface area contributed by atoms with Gasteiger partial charge >= 0.3 is 0 Å². The Hall–Kier alpha value is -0.410. The van der Waals surface area contributed by atoms with E-state index in [1.807, 2.05) is 0 Å². The summed E-state index contributed by atoms with van der Waals surface area (Å²) >= 11 is 0. The minimum atomic E-state index is -0.325. The van der Waals surface area contributed by atoms with Crippen molar-refractivity contribution in [2.75, 3.05) is 14.2 Å². The van der Waals surface area contributed by atoms with Crippen LogP contribution in [-0.2, 0) is 14.3 Å². The Labute approximate surface area is 91.1 Å². The van der Waals surface area contributed by atoms with E-state index in [9.17, 15) is 4.79 Å². The molecule has 0 heterocycles. The van der Waals surface area contributed by atoms with E-state index >= 15 is 0 Å². The van der Waals surface area contributed by atoms with Gasteiger partial charge in [0.2, 0.25) is 0 Å². The van der Waals surface area contributed by atoms with Crippen LogP contribution in [-0.4, -0.2) is 26.3 Å². The van der Waals surface area contributed by atoms with Crippen molar-refractivity contribution in [3.63, 3.8) is 0 Å². The largest absolute Gasteiger partial charge is 0.353 e. The Morgan fingerprint density at radius 3 is 2.07 bits per heavy atom. The van der Waals surface area contributed by atoms with E-state index in [0.717, 1.165) is 44.8 Å². The van der Waals surface area contributed by atoms with Gasteiger partial charge in [0.05, 0.1) is 0 Å². The fraction of sp³-hybridized carbons (Fsp3) is 0.917. The van der Waals surface area contributed by atoms with Crippen LogP contribution in [0, 0.1) is 11.3 Å². The zero-order valence-corrected chi connectivity index (χ0v) is 9.62. The molecule has 0 aromatic heterocycles. The first-order valence-corrected chi connectivity index (χ1v) is 5.73. The molecule has 3 nitrogen and oxygen atoms in total. The second-order valence-electron chi connectivity index (χ2n) is 5.15. The molecule has 86 valence electrons. The van der Waals surface area contributed by atoms with Crippen molar-refractivity contribution in [2.24, 2.45) is 11.3 Å². The van der Waals surface area contributed by atoms with Crippen LogP contribution in [0.1, 0.15) is 38.5 Å². The van der Waals surface area contributed by atoms with Crippen molar-refractivity contribution >= 4 is 6.29 Å². The minimum Gasteiger partial charge on any atom is -0.353 e. The van der Waals surface area contributed by atoms with Gasteiger partial charge in [0, 0.05) is 33.0 Å². The summed E-state index contributed by atoms with van der Waals surface area (Å²) < 4.78 is 10.8. The van der Waals surface area contributed by atoms with Gasteiger partial charge in [-0.15, -0.1) is 0 Å². The predicted molar refractivity (Wildman–Crippen MR) is 56.4 cm³/mol. The van der Waals surface area contributed by atoms with Crippen LogP contribution < -0.4 is 0 Å². The molecule has 0 bridgehead atoms. The van der Waals surface area contributed by atoms with Gasteiger partial charge in [0.25, 0.3) is 0 Å². The number of rotatable bonds is 3. The molecule has 0 aliphatic heterocycles. The van der Waals surface area contributed by atoms with Crippen molar-refractivity contribution in [3.05, 3.63) is 0 Å². The van der Waals surface area contributed by atoms with Crippen LogP contribution in [0.4, 0.5) is 0 Å². The summed E-state index contributed by atoms with van der Waals surface area (Å²) in [5.41, 5.74) is 0.408. The Kier molecular flexibility index (Phi) is 2.86. The molecule has 0 N–H and O–H groups in total. The maximum Gasteiger partial charge on any atom is 0.168 e. The van der Waals surface area contributed by atoms with Crippen molar-refractivity contribution in [1.82, 2.24) is 0 Å². The van der Waals surface area contributed by atoms with Gasteiger partial charge in [0.15, 0.2) is 5.79 Å². The number of methoxy groups -OCH3 is 2. The van der Waals surface area contributed by atoms with E-state index in [1.165, 1.54) is 0 Å². The lowest BCUT2D eigenvalue weighted by molar-refractivity contribution is -0.302. The molecule has 2 aliphatic carbocycles. The smallest absolute Gasteiger partial charge is 0.168 e. The molecule has 0 unspecified atom stereocenters. The average Bonchev–Trinajstić information content (AvgIpc) is 2.26. The molecule has 2 saturated carbocycles. The third kappa shape index (κ3) is 1.83. The first kappa shape index (κ1) is 11.1. The van der Waals surface area contributed by atoms with E-state index in [-0.39, 0.29) is 5.79 Å². The molecule has 3 heteroatoms. The highest BCUT2D eigenvalue weighted by Gasteiger charge is 2.56. The van der Waals surface area contributed by atoms with E-state index in [0.29, 0.717) is 11.3 Å². The number of carbonyl (C=O) groups is 1. The van der Waals surface area contributed by atoms with Crippen molar-refractivity contribution in [2.45, 2.75) is 44.3 Å². The summed E-state index contributed by atoms with van der Waals surface area (Å²) in [6.07, 6.45) is 7.53. The second-order valence-corrected chi connectivity index (χ2v) is 5.15. The zero-order valence-electron chi connectivity index (χ0n) is 9.62. The van der Waals surface area contributed by atoms with Gasteiger partial charge in [0.1, 0.15) is 6.29 Å². The summed E-state index contributed by atoms with van der Waals surface area (Å²) in [5.74, 6) is -0.0238. The van der Waals surface area contributed by atoms with Crippen LogP contribution in [0.25, 0.3) is 0 Å². The highest BCUT2D eigenvalue weighted by molar-refractivity contribution is 5.53. The van der Waals surface area contributed by atoms with E-state index in [4.69, 9.17) is 9.47 Å². The first-order valence-electron chi connectivity index (χ1n) is 5.73. The van der Waals surface area contributed by atoms with E-state index < -0.39 is 0 Å². The summed E-state index contributed by atoms with van der Waals surface area (Å²) in [6, 6.07) is 0. The van der Waals surface area contributed by atoms with Gasteiger partial charge in [-0.25, -0.2) is 0 Å². The maximum absolute atomic E-state index is 10.7. The van der Waals surface area contributed by atoms with Gasteiger partial charge in [-0.2, -0.15) is 0 Å². The standard InChI is InChI=1S/C12H20O3/c1-14-12(15-2)8-11(9-12)5-3-10(7-13)4-6-11/h7,10H,3-6,8-9H2,1-2H3. The number of carbonyl (C=O) groups excluding carboxylic acids is 1. The quantitative estimate of drug-likeness (QED) is 0.531. The van der Waals surface area contributed by atoms with Crippen LogP contribution in [0.5, 0.6) is 0 Å². The van der Waals surface area contributed by atoms with E-state index in [1.54, 1.807) is 14.2 Å². The first-order chi connectivity index (χ1) is 7.17. The summed E-state index contributed by atoms with van der Waals surface area (Å²) in [6.45, 7) is 0. The molecule has 15 heavy (non-hydrogen) atoms. The molecule has 0 aromatic carbocycles. The summed E-state index contributed by atoms with van der Waals surface area (Å²) in [7, 11) is 3.43. The molecule has 0 aromatic rings. The van der Waals surface area contributed by atoms with Crippen molar-refractivity contribution in [3.8, 4) is 0 Å². The third-order valence-electron chi connectivity index (χ3n) is 4.32. The molecule has 1 spiro atoms. The van der Waals surface area contributed by atoms with Gasteiger partial charge < -0.3 is 14.3 Å². The Morgan fingerprint density at radius 1 is 1.13 bits per heavy atom. The molecule has 0 saturated heterocycles. The van der Waals surface area contributed by atoms with Gasteiger partial charge in [-0.1, -0.05) is 0 Å². The van der Waals surface area contributed by atoms with Crippen LogP contribution in [0.15, 0.2) is 0 Å². The zero-order chi connectivity index (χ0) is 10.9. The lowest BCUT2D eigenvalue weighted by Crippen LogP contribution is -2.55. The molecular formula is C12H20O3. The van der Waals surface area contributed by atoms with Crippen molar-refractivity contribution < 1.29 is 14.3 Å². The normalized spacial score (nSPS) is 28.7. The molecular weight excluding hydrogens is 192 g/mol. The van der Waals surface area contributed by atoms with Crippen molar-refractivity contribution in [1.29, 1.82) is 0 Å². The third-order valence-corrected chi connectivity index (χ3v) is 4.32. The summed E-state index contributed by atoms with van der Waals surface area (Å²) in [5, 5.41) is 0. The highest BCUT2D eigenvalue weighted by atomic mass is 16.7. The monoisotopic (exact) mass is 212 g/mol. The van der Waals surface area contributed by atoms with Gasteiger partial charge in [-0.05, 0) is 31.1 Å². The van der Waals surface area contributed by atoms with Gasteiger partial charge in [-0.3, -0.25) is 0 Å². The Balaban J connectivity index is 1.90. The SMILES string of the molecule is COC1(OC)CC2(CCC(C=O)CC2)C1. The molecule has 2 aliphatic rings. The number of ether oxygens (including phenoxy) is 2. The van der Waals surface area contributed by atoms with Crippen LogP contribution in [0.2, 0.25) is 0 Å². The lowest BCUT2D eigenvalue weighted by atomic mass is 9.56. The molecule has 0 radical (unpaired) electrons. The molecule has 0 amide bonds. The molecule has 2 rings (SSSR count). The Morgan fingerprint density at radius 2 is 1.67 bits per heavy atom. The maximum atomic E-state index is 10.7. The highest BCUT2D eigenvalue weighted by Crippen LogP contribution is 2.58. The Bertz CT molecular complexity index is 227. The second kappa shape index (κ2) is 3.87. The minimum absolute atomic E-state index is 0.302. The van der Waals surface area contributed by atoms with Crippen LogP contribution in [0.3, 0.4) is 0 Å². The topological polar surface area (TPSA) is 35.5 Å². The average molecular weight is 212 g/mol. The number of hydrogen-bond donors (Lipinski definition) is 0. The predicted octanol–water partition coefficient (Wildman–Crippen LogP) is 2.14. The number of aldehydes is 1. The molecule has 0 atom stereocenters.